The maximum Gasteiger partial charge on any atom is 0.347 e. The van der Waals surface area contributed by atoms with Gasteiger partial charge in [0, 0.05) is 6.07 Å². The summed E-state index contributed by atoms with van der Waals surface area (Å²) in [7, 11) is 6.66. The predicted octanol–water partition coefficient (Wildman–Crippen LogP) is 11.7. The van der Waals surface area contributed by atoms with Gasteiger partial charge in [-0.25, -0.2) is 4.79 Å². The van der Waals surface area contributed by atoms with Gasteiger partial charge in [0.2, 0.25) is 0 Å². The van der Waals surface area contributed by atoms with Gasteiger partial charge in [-0.05, 0) is 99.2 Å². The Morgan fingerprint density at radius 1 is 0.540 bits per heavy atom. The summed E-state index contributed by atoms with van der Waals surface area (Å²) < 4.78 is 24.7. The van der Waals surface area contributed by atoms with Crippen molar-refractivity contribution in [3.8, 4) is 23.0 Å². The van der Waals surface area contributed by atoms with Crippen LogP contribution in [-0.4, -0.2) is 58.0 Å². The number of unbranched alkanes of at least 4 members (excludes halogenated alkanes) is 11. The molecule has 0 aliphatic rings. The molecule has 0 radical (unpaired) electrons. The summed E-state index contributed by atoms with van der Waals surface area (Å²) in [4.78, 5) is 13.3. The number of quaternary nitrogens is 1. The minimum absolute atomic E-state index is 0.375. The molecule has 0 fully saturated rings. The molecule has 0 aromatic heterocycles. The summed E-state index contributed by atoms with van der Waals surface area (Å²) in [6.07, 6.45) is 16.4. The molecule has 0 aliphatic carbocycles. The monoisotopic (exact) mass is 688 g/mol. The van der Waals surface area contributed by atoms with E-state index in [1.807, 2.05) is 36.4 Å². The zero-order valence-electron chi connectivity index (χ0n) is 31.5. The average Bonchev–Trinajstić information content (AvgIpc) is 3.10. The average molecular weight is 689 g/mol. The molecule has 0 atom stereocenters. The van der Waals surface area contributed by atoms with Gasteiger partial charge in [-0.3, -0.25) is 0 Å². The highest BCUT2D eigenvalue weighted by Crippen LogP contribution is 2.29. The highest BCUT2D eigenvalue weighted by atomic mass is 16.5. The Labute approximate surface area is 301 Å². The molecule has 0 aliphatic heterocycles. The Morgan fingerprint density at radius 3 is 1.62 bits per heavy atom. The molecular formula is C42H62N3O5+. The fraction of sp³-hybridized carbons (Fsp3) is 0.548. The number of carbonyl (C=O) groups excluding carboxylic acids is 1. The Hall–Kier alpha value is -3.91. The molecule has 3 aromatic carbocycles. The molecule has 3 rings (SSSR count). The molecule has 0 saturated carbocycles. The lowest BCUT2D eigenvalue weighted by atomic mass is 10.1. The molecule has 274 valence electrons. The van der Waals surface area contributed by atoms with Gasteiger partial charge < -0.3 is 23.4 Å². The zero-order valence-corrected chi connectivity index (χ0v) is 31.5. The van der Waals surface area contributed by atoms with Crippen LogP contribution < -0.4 is 18.9 Å². The van der Waals surface area contributed by atoms with Gasteiger partial charge >= 0.3 is 5.97 Å². The number of benzene rings is 3. The molecule has 8 nitrogen and oxygen atoms in total. The van der Waals surface area contributed by atoms with E-state index in [1.54, 1.807) is 30.3 Å². The number of carbonyl (C=O) groups is 1. The van der Waals surface area contributed by atoms with Crippen LogP contribution in [0.3, 0.4) is 0 Å². The van der Waals surface area contributed by atoms with Crippen molar-refractivity contribution in [2.45, 2.75) is 104 Å². The van der Waals surface area contributed by atoms with E-state index < -0.39 is 5.97 Å². The summed E-state index contributed by atoms with van der Waals surface area (Å²) in [6, 6.07) is 19.9. The van der Waals surface area contributed by atoms with Crippen LogP contribution in [0.4, 0.5) is 11.4 Å². The minimum atomic E-state index is -0.479. The van der Waals surface area contributed by atoms with Gasteiger partial charge in [0.25, 0.3) is 0 Å². The molecule has 3 aromatic rings. The van der Waals surface area contributed by atoms with Crippen molar-refractivity contribution in [2.75, 3.05) is 47.5 Å². The molecule has 0 bridgehead atoms. The number of hydrogen-bond donors (Lipinski definition) is 0. The van der Waals surface area contributed by atoms with E-state index in [-0.39, 0.29) is 0 Å². The largest absolute Gasteiger partial charge is 0.494 e. The first-order valence-electron chi connectivity index (χ1n) is 18.9. The third-order valence-electron chi connectivity index (χ3n) is 8.35. The number of azo groups is 1. The summed E-state index contributed by atoms with van der Waals surface area (Å²) in [5.41, 5.74) is 1.75. The van der Waals surface area contributed by atoms with Gasteiger partial charge in [-0.2, -0.15) is 10.2 Å². The standard InChI is InChI=1S/C42H62N3O5/c1-6-8-10-11-12-13-15-18-32-48-39-28-29-40(41(34-39)49-33-19-16-14-17-30-45(3,4)5)42(46)50-38-26-22-36(23-27-38)44-43-35-20-24-37(25-21-35)47-31-9-7-2/h20-29,34H,6-19,30-33H2,1-5H3/q+1. The summed E-state index contributed by atoms with van der Waals surface area (Å²) >= 11 is 0. The minimum Gasteiger partial charge on any atom is -0.494 e. The number of rotatable bonds is 26. The maximum absolute atomic E-state index is 13.3. The molecule has 0 amide bonds. The number of hydrogen-bond acceptors (Lipinski definition) is 7. The molecule has 0 saturated heterocycles. The van der Waals surface area contributed by atoms with E-state index in [2.05, 4.69) is 45.2 Å². The fourth-order valence-corrected chi connectivity index (χ4v) is 5.33. The van der Waals surface area contributed by atoms with E-state index in [1.165, 1.54) is 44.9 Å². The number of ether oxygens (including phenoxy) is 4. The Balaban J connectivity index is 1.55. The van der Waals surface area contributed by atoms with Crippen LogP contribution in [0.15, 0.2) is 77.0 Å². The van der Waals surface area contributed by atoms with Crippen molar-refractivity contribution >= 4 is 17.3 Å². The highest BCUT2D eigenvalue weighted by molar-refractivity contribution is 5.94. The molecule has 0 heterocycles. The van der Waals surface area contributed by atoms with Crippen molar-refractivity contribution < 1.29 is 28.2 Å². The third-order valence-corrected chi connectivity index (χ3v) is 8.35. The van der Waals surface area contributed by atoms with E-state index in [4.69, 9.17) is 18.9 Å². The van der Waals surface area contributed by atoms with Crippen LogP contribution in [0.25, 0.3) is 0 Å². The van der Waals surface area contributed by atoms with Crippen molar-refractivity contribution in [1.82, 2.24) is 0 Å². The van der Waals surface area contributed by atoms with E-state index in [0.717, 1.165) is 67.4 Å². The third kappa shape index (κ3) is 17.1. The lowest BCUT2D eigenvalue weighted by Gasteiger charge is -2.23. The topological polar surface area (TPSA) is 78.7 Å². The van der Waals surface area contributed by atoms with Crippen molar-refractivity contribution in [3.63, 3.8) is 0 Å². The molecule has 0 spiro atoms. The van der Waals surface area contributed by atoms with Crippen LogP contribution in [0.2, 0.25) is 0 Å². The first kappa shape index (κ1) is 40.5. The number of esters is 1. The van der Waals surface area contributed by atoms with Gasteiger partial charge in [0.1, 0.15) is 28.6 Å². The maximum atomic E-state index is 13.3. The molecule has 8 heteroatoms. The number of nitrogens with zero attached hydrogens (tertiary/aromatic N) is 3. The zero-order chi connectivity index (χ0) is 35.9. The van der Waals surface area contributed by atoms with E-state index in [0.29, 0.717) is 48.3 Å². The van der Waals surface area contributed by atoms with Crippen LogP contribution in [-0.2, 0) is 0 Å². The fourth-order valence-electron chi connectivity index (χ4n) is 5.33. The second kappa shape index (κ2) is 23.5. The van der Waals surface area contributed by atoms with E-state index in [9.17, 15) is 4.79 Å². The Kier molecular flexibility index (Phi) is 19.0. The van der Waals surface area contributed by atoms with Crippen molar-refractivity contribution in [2.24, 2.45) is 10.2 Å². The van der Waals surface area contributed by atoms with Gasteiger partial charge in [-0.15, -0.1) is 0 Å². The molecule has 0 unspecified atom stereocenters. The van der Waals surface area contributed by atoms with E-state index >= 15 is 0 Å². The van der Waals surface area contributed by atoms with Crippen LogP contribution >= 0.6 is 0 Å². The lowest BCUT2D eigenvalue weighted by molar-refractivity contribution is -0.870. The van der Waals surface area contributed by atoms with Gasteiger partial charge in [0.15, 0.2) is 0 Å². The molecule has 0 N–H and O–H groups in total. The first-order valence-corrected chi connectivity index (χ1v) is 18.9. The summed E-state index contributed by atoms with van der Waals surface area (Å²) in [5, 5.41) is 8.64. The smallest absolute Gasteiger partial charge is 0.347 e. The first-order chi connectivity index (χ1) is 24.3. The normalized spacial score (nSPS) is 11.5. The van der Waals surface area contributed by atoms with Gasteiger partial charge in [0.05, 0.1) is 58.9 Å². The van der Waals surface area contributed by atoms with Crippen LogP contribution in [0.1, 0.15) is 114 Å². The highest BCUT2D eigenvalue weighted by Gasteiger charge is 2.17. The van der Waals surface area contributed by atoms with Crippen molar-refractivity contribution in [1.29, 1.82) is 0 Å². The summed E-state index contributed by atoms with van der Waals surface area (Å²) in [6.45, 7) is 7.42. The second-order valence-electron chi connectivity index (χ2n) is 14.0. The lowest BCUT2D eigenvalue weighted by Crippen LogP contribution is -2.35. The summed E-state index contributed by atoms with van der Waals surface area (Å²) in [5.74, 6) is 1.95. The molecule has 50 heavy (non-hydrogen) atoms. The Morgan fingerprint density at radius 2 is 1.02 bits per heavy atom. The van der Waals surface area contributed by atoms with Gasteiger partial charge in [-0.1, -0.05) is 65.2 Å². The van der Waals surface area contributed by atoms with Crippen LogP contribution in [0.5, 0.6) is 23.0 Å². The SMILES string of the molecule is CCCCCCCCCCOc1ccc(C(=O)Oc2ccc(N=Nc3ccc(OCCCC)cc3)cc2)c(OCCCCCC[N+](C)(C)C)c1. The second-order valence-corrected chi connectivity index (χ2v) is 14.0. The predicted molar refractivity (Wildman–Crippen MR) is 204 cm³/mol. The van der Waals surface area contributed by atoms with Crippen molar-refractivity contribution in [3.05, 3.63) is 72.3 Å². The quantitative estimate of drug-likeness (QED) is 0.0276. The molecular weight excluding hydrogens is 626 g/mol. The Bertz CT molecular complexity index is 1380. The van der Waals surface area contributed by atoms with Crippen LogP contribution in [0, 0.1) is 0 Å².